The van der Waals surface area contributed by atoms with Gasteiger partial charge in [-0.1, -0.05) is 6.92 Å². The van der Waals surface area contributed by atoms with E-state index in [9.17, 15) is 19.2 Å². The van der Waals surface area contributed by atoms with Crippen LogP contribution in [0.5, 0.6) is 5.75 Å². The van der Waals surface area contributed by atoms with Crippen molar-refractivity contribution in [1.29, 1.82) is 0 Å². The van der Waals surface area contributed by atoms with Gasteiger partial charge >= 0.3 is 5.97 Å². The number of carboxylic acid groups (broad SMARTS) is 1. The first kappa shape index (κ1) is 19.4. The van der Waals surface area contributed by atoms with Crippen LogP contribution in [0.3, 0.4) is 0 Å². The number of rotatable bonds is 7. The molecule has 2 unspecified atom stereocenters. The molecule has 0 aromatic heterocycles. The Balaban J connectivity index is 2.02. The Labute approximate surface area is 151 Å². The number of ether oxygens (including phenoxy) is 1. The molecule has 0 bridgehead atoms. The maximum atomic E-state index is 12.3. The zero-order valence-electron chi connectivity index (χ0n) is 14.9. The van der Waals surface area contributed by atoms with E-state index in [-0.39, 0.29) is 31.0 Å². The van der Waals surface area contributed by atoms with Gasteiger partial charge in [-0.05, 0) is 31.5 Å². The fraction of sp³-hybridized carbons (Fsp3) is 0.444. The first-order valence-corrected chi connectivity index (χ1v) is 8.38. The van der Waals surface area contributed by atoms with Gasteiger partial charge < -0.3 is 20.1 Å². The molecule has 0 saturated carbocycles. The number of ketones is 1. The van der Waals surface area contributed by atoms with Gasteiger partial charge in [0.2, 0.25) is 5.91 Å². The maximum Gasteiger partial charge on any atom is 0.326 e. The van der Waals surface area contributed by atoms with Crippen molar-refractivity contribution < 1.29 is 29.0 Å². The molecule has 1 aromatic rings. The Bertz CT molecular complexity index is 745. The molecule has 26 heavy (non-hydrogen) atoms. The highest BCUT2D eigenvalue weighted by molar-refractivity contribution is 6.03. The van der Waals surface area contributed by atoms with Crippen LogP contribution >= 0.6 is 0 Å². The van der Waals surface area contributed by atoms with E-state index in [0.717, 1.165) is 0 Å². The molecular formula is C18H22N2O6. The normalized spacial score (nSPS) is 17.1. The van der Waals surface area contributed by atoms with Crippen LogP contribution in [0, 0.1) is 0 Å². The number of carbonyl (C=O) groups excluding carboxylic acids is 3. The SMILES string of the molecule is CCC(NC(=O)CCC(=O)c1ccc2c(c1)N(C)C(=O)C(C)O2)C(=O)O. The van der Waals surface area contributed by atoms with Gasteiger partial charge in [-0.25, -0.2) is 4.79 Å². The van der Waals surface area contributed by atoms with Crippen LogP contribution in [-0.2, 0) is 14.4 Å². The lowest BCUT2D eigenvalue weighted by Gasteiger charge is -2.30. The minimum Gasteiger partial charge on any atom is -0.480 e. The van der Waals surface area contributed by atoms with E-state index in [1.54, 1.807) is 39.1 Å². The number of hydrogen-bond donors (Lipinski definition) is 2. The van der Waals surface area contributed by atoms with Gasteiger partial charge in [-0.15, -0.1) is 0 Å². The van der Waals surface area contributed by atoms with Crippen molar-refractivity contribution in [3.8, 4) is 5.75 Å². The molecule has 1 aliphatic rings. The van der Waals surface area contributed by atoms with Gasteiger partial charge in [0.15, 0.2) is 11.9 Å². The number of carbonyl (C=O) groups is 4. The van der Waals surface area contributed by atoms with Crippen molar-refractivity contribution in [3.63, 3.8) is 0 Å². The smallest absolute Gasteiger partial charge is 0.326 e. The van der Waals surface area contributed by atoms with Crippen molar-refractivity contribution in [3.05, 3.63) is 23.8 Å². The Hall–Kier alpha value is -2.90. The molecule has 0 radical (unpaired) electrons. The predicted molar refractivity (Wildman–Crippen MR) is 93.4 cm³/mol. The number of benzene rings is 1. The summed E-state index contributed by atoms with van der Waals surface area (Å²) in [5.74, 6) is -1.56. The number of nitrogens with zero attached hydrogens (tertiary/aromatic N) is 1. The molecule has 8 nitrogen and oxygen atoms in total. The molecular weight excluding hydrogens is 340 g/mol. The molecule has 2 rings (SSSR count). The Morgan fingerprint density at radius 2 is 2.00 bits per heavy atom. The molecule has 2 N–H and O–H groups in total. The lowest BCUT2D eigenvalue weighted by molar-refractivity contribution is -0.141. The van der Waals surface area contributed by atoms with Crippen molar-refractivity contribution in [2.75, 3.05) is 11.9 Å². The first-order chi connectivity index (χ1) is 12.2. The summed E-state index contributed by atoms with van der Waals surface area (Å²) < 4.78 is 5.50. The number of likely N-dealkylation sites (N-methyl/N-ethyl adjacent to an activating group) is 1. The number of anilines is 1. The fourth-order valence-electron chi connectivity index (χ4n) is 2.66. The molecule has 1 aliphatic heterocycles. The third-order valence-electron chi connectivity index (χ3n) is 4.25. The molecule has 0 fully saturated rings. The molecule has 140 valence electrons. The summed E-state index contributed by atoms with van der Waals surface area (Å²) in [7, 11) is 1.61. The van der Waals surface area contributed by atoms with Crippen LogP contribution in [0.25, 0.3) is 0 Å². The first-order valence-electron chi connectivity index (χ1n) is 8.38. The highest BCUT2D eigenvalue weighted by atomic mass is 16.5. The van der Waals surface area contributed by atoms with Crippen molar-refractivity contribution >= 4 is 29.3 Å². The molecule has 0 saturated heterocycles. The van der Waals surface area contributed by atoms with Crippen LogP contribution in [-0.4, -0.2) is 47.9 Å². The molecule has 2 atom stereocenters. The monoisotopic (exact) mass is 362 g/mol. The van der Waals surface area contributed by atoms with Gasteiger partial charge in [0.05, 0.1) is 5.69 Å². The van der Waals surface area contributed by atoms with Crippen LogP contribution in [0.15, 0.2) is 18.2 Å². The topological polar surface area (TPSA) is 113 Å². The number of fused-ring (bicyclic) bond motifs is 1. The number of nitrogens with one attached hydrogen (secondary N) is 1. The zero-order chi connectivity index (χ0) is 19.4. The van der Waals surface area contributed by atoms with Crippen molar-refractivity contribution in [1.82, 2.24) is 5.32 Å². The Morgan fingerprint density at radius 1 is 1.31 bits per heavy atom. The second kappa shape index (κ2) is 7.99. The lowest BCUT2D eigenvalue weighted by Crippen LogP contribution is -2.42. The second-order valence-corrected chi connectivity index (χ2v) is 6.13. The van der Waals surface area contributed by atoms with Crippen molar-refractivity contribution in [2.45, 2.75) is 45.3 Å². The lowest BCUT2D eigenvalue weighted by atomic mass is 10.0. The van der Waals surface area contributed by atoms with E-state index in [4.69, 9.17) is 9.84 Å². The van der Waals surface area contributed by atoms with Gasteiger partial charge in [0.25, 0.3) is 5.91 Å². The van der Waals surface area contributed by atoms with Crippen molar-refractivity contribution in [2.24, 2.45) is 0 Å². The minimum absolute atomic E-state index is 0.0599. The summed E-state index contributed by atoms with van der Waals surface area (Å²) in [4.78, 5) is 48.5. The molecule has 1 heterocycles. The van der Waals surface area contributed by atoms with Gasteiger partial charge in [-0.3, -0.25) is 14.4 Å². The van der Waals surface area contributed by atoms with Crippen LogP contribution in [0.2, 0.25) is 0 Å². The number of amides is 2. The number of aliphatic carboxylic acids is 1. The minimum atomic E-state index is -1.11. The fourth-order valence-corrected chi connectivity index (χ4v) is 2.66. The van der Waals surface area contributed by atoms with Crippen LogP contribution in [0.4, 0.5) is 5.69 Å². The summed E-state index contributed by atoms with van der Waals surface area (Å²) in [6, 6.07) is 3.81. The molecule has 2 amide bonds. The second-order valence-electron chi connectivity index (χ2n) is 6.13. The molecule has 1 aromatic carbocycles. The largest absolute Gasteiger partial charge is 0.480 e. The van der Waals surface area contributed by atoms with Gasteiger partial charge in [0.1, 0.15) is 11.8 Å². The van der Waals surface area contributed by atoms with E-state index < -0.39 is 24.0 Å². The summed E-state index contributed by atoms with van der Waals surface area (Å²) in [6.07, 6.45) is -0.491. The molecule has 0 aliphatic carbocycles. The quantitative estimate of drug-likeness (QED) is 0.709. The van der Waals surface area contributed by atoms with Gasteiger partial charge in [-0.2, -0.15) is 0 Å². The number of carboxylic acids is 1. The molecule has 0 spiro atoms. The third kappa shape index (κ3) is 4.19. The Kier molecular flexibility index (Phi) is 5.97. The highest BCUT2D eigenvalue weighted by Gasteiger charge is 2.29. The average molecular weight is 362 g/mol. The number of hydrogen-bond acceptors (Lipinski definition) is 5. The third-order valence-corrected chi connectivity index (χ3v) is 4.25. The van der Waals surface area contributed by atoms with E-state index in [0.29, 0.717) is 17.0 Å². The summed E-state index contributed by atoms with van der Waals surface area (Å²) >= 11 is 0. The predicted octanol–water partition coefficient (Wildman–Crippen LogP) is 1.37. The summed E-state index contributed by atoms with van der Waals surface area (Å²) in [5.41, 5.74) is 0.861. The van der Waals surface area contributed by atoms with E-state index in [1.807, 2.05) is 0 Å². The standard InChI is InChI=1S/C18H22N2O6/c1-4-12(18(24)25)19-16(22)8-6-14(21)11-5-7-15-13(9-11)20(3)17(23)10(2)26-15/h5,7,9-10,12H,4,6,8H2,1-3H3,(H,19,22)(H,24,25). The van der Waals surface area contributed by atoms with Crippen LogP contribution < -0.4 is 15.0 Å². The van der Waals surface area contributed by atoms with E-state index in [2.05, 4.69) is 5.32 Å². The van der Waals surface area contributed by atoms with E-state index >= 15 is 0 Å². The Morgan fingerprint density at radius 3 is 2.62 bits per heavy atom. The summed E-state index contributed by atoms with van der Waals surface area (Å²) in [5, 5.41) is 11.3. The summed E-state index contributed by atoms with van der Waals surface area (Å²) in [6.45, 7) is 3.30. The molecule has 8 heteroatoms. The maximum absolute atomic E-state index is 12.3. The van der Waals surface area contributed by atoms with E-state index in [1.165, 1.54) is 4.90 Å². The average Bonchev–Trinajstić information content (AvgIpc) is 2.61. The number of Topliss-reactive ketones (excluding diaryl/α,β-unsaturated/α-hetero) is 1. The zero-order valence-corrected chi connectivity index (χ0v) is 14.9. The van der Waals surface area contributed by atoms with Gasteiger partial charge in [0, 0.05) is 25.5 Å². The highest BCUT2D eigenvalue weighted by Crippen LogP contribution is 2.34. The van der Waals surface area contributed by atoms with Crippen LogP contribution in [0.1, 0.15) is 43.5 Å².